The zero-order chi connectivity index (χ0) is 19.4. The summed E-state index contributed by atoms with van der Waals surface area (Å²) in [7, 11) is -3.29. The number of nitrogens with one attached hydrogen (secondary N) is 3. The Kier molecular flexibility index (Phi) is 6.01. The number of nitrogens with zero attached hydrogens (tertiary/aromatic N) is 1. The van der Waals surface area contributed by atoms with Gasteiger partial charge >= 0.3 is 6.03 Å². The van der Waals surface area contributed by atoms with Crippen LogP contribution in [-0.4, -0.2) is 56.7 Å². The molecule has 0 spiro atoms. The van der Waals surface area contributed by atoms with Crippen molar-refractivity contribution in [1.29, 1.82) is 0 Å². The van der Waals surface area contributed by atoms with Crippen LogP contribution >= 0.6 is 0 Å². The Bertz CT molecular complexity index is 790. The van der Waals surface area contributed by atoms with Crippen molar-refractivity contribution in [3.8, 4) is 0 Å². The van der Waals surface area contributed by atoms with Gasteiger partial charge in [-0.1, -0.05) is 0 Å². The minimum atomic E-state index is -3.29. The van der Waals surface area contributed by atoms with Gasteiger partial charge in [-0.25, -0.2) is 17.9 Å². The lowest BCUT2D eigenvalue weighted by Gasteiger charge is -2.35. The van der Waals surface area contributed by atoms with Crippen molar-refractivity contribution in [3.63, 3.8) is 0 Å². The SMILES string of the molecule is CS(=O)(=O)NCC1CCCCN1C(=O)c1ccc(NC(=O)NC2CC2)cc1. The maximum absolute atomic E-state index is 12.9. The minimum absolute atomic E-state index is 0.121. The summed E-state index contributed by atoms with van der Waals surface area (Å²) < 4.78 is 25.2. The van der Waals surface area contributed by atoms with Gasteiger partial charge in [0.25, 0.3) is 5.91 Å². The van der Waals surface area contributed by atoms with E-state index in [1.54, 1.807) is 29.2 Å². The molecule has 9 heteroatoms. The molecule has 1 aliphatic carbocycles. The van der Waals surface area contributed by atoms with Gasteiger partial charge in [-0.05, 0) is 56.4 Å². The third kappa shape index (κ3) is 5.93. The summed E-state index contributed by atoms with van der Waals surface area (Å²) in [6, 6.07) is 6.67. The summed E-state index contributed by atoms with van der Waals surface area (Å²) in [5.41, 5.74) is 1.15. The van der Waals surface area contributed by atoms with Gasteiger partial charge in [0.05, 0.1) is 6.26 Å². The fourth-order valence-electron chi connectivity index (χ4n) is 3.17. The predicted octanol–water partition coefficient (Wildman–Crippen LogP) is 1.51. The third-order valence-electron chi connectivity index (χ3n) is 4.77. The Labute approximate surface area is 159 Å². The summed E-state index contributed by atoms with van der Waals surface area (Å²) in [5, 5.41) is 5.60. The van der Waals surface area contributed by atoms with E-state index in [1.807, 2.05) is 0 Å². The Morgan fingerprint density at radius 2 is 1.81 bits per heavy atom. The van der Waals surface area contributed by atoms with E-state index in [1.165, 1.54) is 0 Å². The van der Waals surface area contributed by atoms with Gasteiger partial charge in [0.2, 0.25) is 10.0 Å². The van der Waals surface area contributed by atoms with Gasteiger partial charge in [0.1, 0.15) is 0 Å². The first kappa shape index (κ1) is 19.6. The largest absolute Gasteiger partial charge is 0.335 e. The highest BCUT2D eigenvalue weighted by molar-refractivity contribution is 7.88. The number of hydrogen-bond acceptors (Lipinski definition) is 4. The van der Waals surface area contributed by atoms with Crippen molar-refractivity contribution in [3.05, 3.63) is 29.8 Å². The van der Waals surface area contributed by atoms with E-state index in [-0.39, 0.29) is 30.6 Å². The van der Waals surface area contributed by atoms with Crippen LogP contribution in [0.1, 0.15) is 42.5 Å². The molecule has 1 unspecified atom stereocenters. The van der Waals surface area contributed by atoms with Gasteiger partial charge in [-0.2, -0.15) is 0 Å². The Morgan fingerprint density at radius 1 is 1.11 bits per heavy atom. The van der Waals surface area contributed by atoms with Crippen molar-refractivity contribution in [1.82, 2.24) is 14.9 Å². The number of amides is 3. The Hall–Kier alpha value is -2.13. The standard InChI is InChI=1S/C18H26N4O4S/c1-27(25,26)19-12-16-4-2-3-11-22(16)17(23)13-5-7-14(8-6-13)20-18(24)21-15-9-10-15/h5-8,15-16,19H,2-4,9-12H2,1H3,(H2,20,21,24). The van der Waals surface area contributed by atoms with Gasteiger partial charge in [-0.15, -0.1) is 0 Å². The number of piperidine rings is 1. The van der Waals surface area contributed by atoms with E-state index in [4.69, 9.17) is 0 Å². The molecule has 0 radical (unpaired) electrons. The first-order chi connectivity index (χ1) is 12.8. The Morgan fingerprint density at radius 3 is 2.44 bits per heavy atom. The van der Waals surface area contributed by atoms with Crippen LogP contribution in [0.3, 0.4) is 0 Å². The molecular weight excluding hydrogens is 368 g/mol. The molecule has 3 N–H and O–H groups in total. The van der Waals surface area contributed by atoms with E-state index < -0.39 is 10.0 Å². The monoisotopic (exact) mass is 394 g/mol. The number of hydrogen-bond donors (Lipinski definition) is 3. The molecular formula is C18H26N4O4S. The summed E-state index contributed by atoms with van der Waals surface area (Å²) in [4.78, 5) is 26.4. The molecule has 2 fully saturated rings. The van der Waals surface area contributed by atoms with E-state index in [2.05, 4.69) is 15.4 Å². The number of sulfonamides is 1. The predicted molar refractivity (Wildman–Crippen MR) is 103 cm³/mol. The number of rotatable bonds is 6. The quantitative estimate of drug-likeness (QED) is 0.680. The van der Waals surface area contributed by atoms with Crippen molar-refractivity contribution in [2.75, 3.05) is 24.7 Å². The first-order valence-corrected chi connectivity index (χ1v) is 11.1. The van der Waals surface area contributed by atoms with Crippen LogP contribution in [0.4, 0.5) is 10.5 Å². The van der Waals surface area contributed by atoms with E-state index in [9.17, 15) is 18.0 Å². The highest BCUT2D eigenvalue weighted by atomic mass is 32.2. The number of carbonyl (C=O) groups is 2. The van der Waals surface area contributed by atoms with E-state index in [0.29, 0.717) is 17.8 Å². The zero-order valence-corrected chi connectivity index (χ0v) is 16.2. The lowest BCUT2D eigenvalue weighted by Crippen LogP contribution is -2.49. The van der Waals surface area contributed by atoms with Crippen LogP contribution < -0.4 is 15.4 Å². The van der Waals surface area contributed by atoms with Gasteiger partial charge in [0, 0.05) is 36.4 Å². The van der Waals surface area contributed by atoms with Crippen LogP contribution in [-0.2, 0) is 10.0 Å². The first-order valence-electron chi connectivity index (χ1n) is 9.25. The molecule has 8 nitrogen and oxygen atoms in total. The average molecular weight is 394 g/mol. The van der Waals surface area contributed by atoms with E-state index in [0.717, 1.165) is 38.4 Å². The molecule has 27 heavy (non-hydrogen) atoms. The molecule has 3 rings (SSSR count). The fourth-order valence-corrected chi connectivity index (χ4v) is 3.67. The zero-order valence-electron chi connectivity index (χ0n) is 15.4. The maximum atomic E-state index is 12.9. The second kappa shape index (κ2) is 8.26. The highest BCUT2D eigenvalue weighted by Gasteiger charge is 2.28. The molecule has 1 atom stereocenters. The smallest absolute Gasteiger partial charge is 0.319 e. The van der Waals surface area contributed by atoms with Crippen molar-refractivity contribution in [2.45, 2.75) is 44.2 Å². The molecule has 1 aliphatic heterocycles. The number of urea groups is 1. The van der Waals surface area contributed by atoms with Crippen LogP contribution in [0.25, 0.3) is 0 Å². The van der Waals surface area contributed by atoms with Crippen LogP contribution in [0.15, 0.2) is 24.3 Å². The summed E-state index contributed by atoms with van der Waals surface area (Å²) in [5.74, 6) is -0.121. The van der Waals surface area contributed by atoms with Gasteiger partial charge < -0.3 is 15.5 Å². The van der Waals surface area contributed by atoms with E-state index >= 15 is 0 Å². The lowest BCUT2D eigenvalue weighted by atomic mass is 10.0. The molecule has 3 amide bonds. The number of carbonyl (C=O) groups excluding carboxylic acids is 2. The summed E-state index contributed by atoms with van der Waals surface area (Å²) in [6.45, 7) is 0.838. The third-order valence-corrected chi connectivity index (χ3v) is 5.46. The molecule has 1 heterocycles. The molecule has 148 valence electrons. The number of anilines is 1. The average Bonchev–Trinajstić information content (AvgIpc) is 3.43. The normalized spacial score (nSPS) is 20.2. The summed E-state index contributed by atoms with van der Waals surface area (Å²) >= 11 is 0. The molecule has 0 aromatic heterocycles. The van der Waals surface area contributed by atoms with Gasteiger partial charge in [0.15, 0.2) is 0 Å². The molecule has 1 saturated heterocycles. The second-order valence-corrected chi connectivity index (χ2v) is 9.05. The van der Waals surface area contributed by atoms with Crippen LogP contribution in [0.5, 0.6) is 0 Å². The second-order valence-electron chi connectivity index (χ2n) is 7.22. The topological polar surface area (TPSA) is 108 Å². The van der Waals surface area contributed by atoms with Gasteiger partial charge in [-0.3, -0.25) is 4.79 Å². The van der Waals surface area contributed by atoms with Crippen LogP contribution in [0.2, 0.25) is 0 Å². The molecule has 2 aliphatic rings. The van der Waals surface area contributed by atoms with Crippen molar-refractivity contribution >= 4 is 27.6 Å². The number of benzene rings is 1. The van der Waals surface area contributed by atoms with Crippen LogP contribution in [0, 0.1) is 0 Å². The van der Waals surface area contributed by atoms with Crippen molar-refractivity contribution in [2.24, 2.45) is 0 Å². The minimum Gasteiger partial charge on any atom is -0.335 e. The maximum Gasteiger partial charge on any atom is 0.319 e. The molecule has 0 bridgehead atoms. The molecule has 1 aromatic rings. The van der Waals surface area contributed by atoms with Crippen molar-refractivity contribution < 1.29 is 18.0 Å². The fraction of sp³-hybridized carbons (Fsp3) is 0.556. The Balaban J connectivity index is 1.61. The number of likely N-dealkylation sites (tertiary alicyclic amines) is 1. The lowest BCUT2D eigenvalue weighted by molar-refractivity contribution is 0.0619. The summed E-state index contributed by atoms with van der Waals surface area (Å²) in [6.07, 6.45) is 5.81. The molecule has 1 aromatic carbocycles. The highest BCUT2D eigenvalue weighted by Crippen LogP contribution is 2.21. The molecule has 1 saturated carbocycles.